The zero-order valence-electron chi connectivity index (χ0n) is 22.5. The largest absolute Gasteiger partial charge is 0.487 e. The van der Waals surface area contributed by atoms with Gasteiger partial charge in [-0.05, 0) is 98.5 Å². The fourth-order valence-corrected chi connectivity index (χ4v) is 8.79. The number of carbonyl (C=O) groups is 1. The summed E-state index contributed by atoms with van der Waals surface area (Å²) in [6.45, 7) is 7.52. The van der Waals surface area contributed by atoms with Gasteiger partial charge in [-0.15, -0.1) is 5.10 Å². The Balaban J connectivity index is 1.12. The van der Waals surface area contributed by atoms with Gasteiger partial charge in [0, 0.05) is 5.92 Å². The SMILES string of the molecule is Cc1ccccc1OCc1cn(CC(=O)[C@H]2CC[C@H]3[C@@H]4CC=C5CC(O)CC[C@]5(C)[C@H]4CC[C@]23C)nn1. The molecule has 198 valence electrons. The molecule has 0 radical (unpaired) electrons. The molecule has 0 spiro atoms. The van der Waals surface area contributed by atoms with E-state index in [-0.39, 0.29) is 29.4 Å². The molecule has 1 heterocycles. The molecular formula is C31H41N3O3. The lowest BCUT2D eigenvalue weighted by atomic mass is 9.47. The summed E-state index contributed by atoms with van der Waals surface area (Å²) in [5.74, 6) is 3.21. The van der Waals surface area contributed by atoms with Crippen molar-refractivity contribution >= 4 is 5.78 Å². The first-order valence-electron chi connectivity index (χ1n) is 14.3. The van der Waals surface area contributed by atoms with Crippen LogP contribution in [-0.4, -0.2) is 32.0 Å². The van der Waals surface area contributed by atoms with Crippen LogP contribution in [0.25, 0.3) is 0 Å². The van der Waals surface area contributed by atoms with Gasteiger partial charge in [0.05, 0.1) is 12.3 Å². The van der Waals surface area contributed by atoms with E-state index in [0.29, 0.717) is 30.1 Å². The molecule has 37 heavy (non-hydrogen) atoms. The summed E-state index contributed by atoms with van der Waals surface area (Å²) in [6.07, 6.45) is 12.7. The lowest BCUT2D eigenvalue weighted by molar-refractivity contribution is -0.130. The summed E-state index contributed by atoms with van der Waals surface area (Å²) in [4.78, 5) is 13.6. The molecule has 2 aromatic rings. The number of aliphatic hydroxyl groups excluding tert-OH is 1. The number of fused-ring (bicyclic) bond motifs is 5. The number of para-hydroxylation sites is 1. The van der Waals surface area contributed by atoms with Crippen molar-refractivity contribution in [2.24, 2.45) is 34.5 Å². The molecule has 3 saturated carbocycles. The number of benzene rings is 1. The molecule has 4 aliphatic rings. The third kappa shape index (κ3) is 4.25. The van der Waals surface area contributed by atoms with Crippen molar-refractivity contribution in [3.63, 3.8) is 0 Å². The normalized spacial score (nSPS) is 36.8. The van der Waals surface area contributed by atoms with Crippen LogP contribution in [0.2, 0.25) is 0 Å². The highest BCUT2D eigenvalue weighted by atomic mass is 16.5. The zero-order valence-corrected chi connectivity index (χ0v) is 22.5. The number of ether oxygens (including phenoxy) is 1. The first kappa shape index (κ1) is 24.8. The molecule has 6 nitrogen and oxygen atoms in total. The summed E-state index contributed by atoms with van der Waals surface area (Å²) in [5, 5.41) is 18.8. The number of allylic oxidation sites excluding steroid dienone is 1. The van der Waals surface area contributed by atoms with E-state index in [1.54, 1.807) is 4.68 Å². The molecule has 0 amide bonds. The van der Waals surface area contributed by atoms with Crippen molar-refractivity contribution in [1.29, 1.82) is 0 Å². The van der Waals surface area contributed by atoms with Gasteiger partial charge in [0.1, 0.15) is 24.6 Å². The maximum atomic E-state index is 13.6. The molecule has 0 saturated heterocycles. The van der Waals surface area contributed by atoms with Gasteiger partial charge in [-0.2, -0.15) is 0 Å². The van der Waals surface area contributed by atoms with E-state index >= 15 is 0 Å². The average Bonchev–Trinajstić information content (AvgIpc) is 3.47. The van der Waals surface area contributed by atoms with Crippen molar-refractivity contribution in [3.8, 4) is 5.75 Å². The van der Waals surface area contributed by atoms with Gasteiger partial charge in [-0.1, -0.05) is 48.9 Å². The van der Waals surface area contributed by atoms with E-state index in [1.807, 2.05) is 37.4 Å². The second-order valence-corrected chi connectivity index (χ2v) is 12.8. The number of aryl methyl sites for hydroxylation is 1. The molecule has 1 aromatic heterocycles. The smallest absolute Gasteiger partial charge is 0.157 e. The number of carbonyl (C=O) groups excluding carboxylic acids is 1. The minimum atomic E-state index is -0.162. The second kappa shape index (κ2) is 9.37. The van der Waals surface area contributed by atoms with Gasteiger partial charge >= 0.3 is 0 Å². The Morgan fingerprint density at radius 3 is 2.81 bits per heavy atom. The minimum Gasteiger partial charge on any atom is -0.487 e. The van der Waals surface area contributed by atoms with E-state index in [9.17, 15) is 9.90 Å². The lowest BCUT2D eigenvalue weighted by Gasteiger charge is -2.57. The summed E-state index contributed by atoms with van der Waals surface area (Å²) >= 11 is 0. The zero-order chi connectivity index (χ0) is 25.8. The number of rotatable bonds is 6. The van der Waals surface area contributed by atoms with Crippen LogP contribution in [0.4, 0.5) is 0 Å². The first-order valence-corrected chi connectivity index (χ1v) is 14.3. The minimum absolute atomic E-state index is 0.0749. The number of nitrogens with zero attached hydrogens (tertiary/aromatic N) is 3. The number of Topliss-reactive ketones (excluding diaryl/α,β-unsaturated/α-hetero) is 1. The lowest BCUT2D eigenvalue weighted by Crippen LogP contribution is -2.51. The Morgan fingerprint density at radius 2 is 1.97 bits per heavy atom. The third-order valence-corrected chi connectivity index (χ3v) is 10.8. The van der Waals surface area contributed by atoms with Crippen LogP contribution in [0.3, 0.4) is 0 Å². The monoisotopic (exact) mass is 503 g/mol. The van der Waals surface area contributed by atoms with Crippen molar-refractivity contribution in [2.75, 3.05) is 0 Å². The fraction of sp³-hybridized carbons (Fsp3) is 0.645. The van der Waals surface area contributed by atoms with E-state index in [0.717, 1.165) is 62.0 Å². The first-order chi connectivity index (χ1) is 17.8. The maximum Gasteiger partial charge on any atom is 0.157 e. The quantitative estimate of drug-likeness (QED) is 0.514. The number of aliphatic hydroxyl groups is 1. The molecule has 6 rings (SSSR count). The van der Waals surface area contributed by atoms with Gasteiger partial charge in [-0.3, -0.25) is 4.79 Å². The Hall–Kier alpha value is -2.47. The summed E-state index contributed by atoms with van der Waals surface area (Å²) in [5.41, 5.74) is 3.65. The van der Waals surface area contributed by atoms with Crippen molar-refractivity contribution in [1.82, 2.24) is 15.0 Å². The molecule has 3 fully saturated rings. The second-order valence-electron chi connectivity index (χ2n) is 12.8. The molecule has 1 unspecified atom stereocenters. The van der Waals surface area contributed by atoms with Crippen LogP contribution < -0.4 is 4.74 Å². The Morgan fingerprint density at radius 1 is 1.14 bits per heavy atom. The molecule has 7 atom stereocenters. The highest BCUT2D eigenvalue weighted by Crippen LogP contribution is 2.66. The van der Waals surface area contributed by atoms with Gasteiger partial charge in [0.25, 0.3) is 0 Å². The summed E-state index contributed by atoms with van der Waals surface area (Å²) in [6, 6.07) is 7.93. The van der Waals surface area contributed by atoms with E-state index in [2.05, 4.69) is 30.2 Å². The summed E-state index contributed by atoms with van der Waals surface area (Å²) < 4.78 is 7.61. The topological polar surface area (TPSA) is 77.2 Å². The van der Waals surface area contributed by atoms with Crippen LogP contribution in [0, 0.1) is 41.4 Å². The molecule has 6 heteroatoms. The fourth-order valence-electron chi connectivity index (χ4n) is 8.79. The molecule has 4 aliphatic carbocycles. The Bertz CT molecular complexity index is 1200. The van der Waals surface area contributed by atoms with Crippen molar-refractivity contribution < 1.29 is 14.6 Å². The summed E-state index contributed by atoms with van der Waals surface area (Å²) in [7, 11) is 0. The van der Waals surface area contributed by atoms with Gasteiger partial charge in [-0.25, -0.2) is 4.68 Å². The van der Waals surface area contributed by atoms with E-state index in [1.165, 1.54) is 12.0 Å². The van der Waals surface area contributed by atoms with Crippen LogP contribution >= 0.6 is 0 Å². The third-order valence-electron chi connectivity index (χ3n) is 10.8. The number of ketones is 1. The molecule has 1 aromatic carbocycles. The standard InChI is InChI=1S/C31H41N3O3/c1-20-6-4-5-7-29(20)37-19-22-17-34(33-32-22)18-28(36)27-11-10-25-24-9-8-21-16-23(35)12-14-30(21,2)26(24)13-15-31(25,27)3/h4-8,17,23-27,35H,9-16,18-19H2,1-3H3/t23?,24-,25-,26-,27+,30-,31-/m0/s1. The Kier molecular flexibility index (Phi) is 6.29. The molecule has 0 aliphatic heterocycles. The van der Waals surface area contributed by atoms with Crippen LogP contribution in [0.15, 0.2) is 42.1 Å². The van der Waals surface area contributed by atoms with Crippen LogP contribution in [0.5, 0.6) is 5.75 Å². The number of hydrogen-bond acceptors (Lipinski definition) is 5. The number of hydrogen-bond donors (Lipinski definition) is 1. The average molecular weight is 504 g/mol. The van der Waals surface area contributed by atoms with Gasteiger partial charge < -0.3 is 9.84 Å². The van der Waals surface area contributed by atoms with Crippen LogP contribution in [0.1, 0.15) is 76.5 Å². The maximum absolute atomic E-state index is 13.6. The van der Waals surface area contributed by atoms with Crippen LogP contribution in [-0.2, 0) is 17.9 Å². The highest BCUT2D eigenvalue weighted by Gasteiger charge is 2.59. The highest BCUT2D eigenvalue weighted by molar-refractivity contribution is 5.82. The predicted molar refractivity (Wildman–Crippen MR) is 142 cm³/mol. The van der Waals surface area contributed by atoms with Crippen molar-refractivity contribution in [2.45, 2.75) is 91.4 Å². The predicted octanol–water partition coefficient (Wildman–Crippen LogP) is 5.67. The van der Waals surface area contributed by atoms with Gasteiger partial charge in [0.2, 0.25) is 0 Å². The molecule has 1 N–H and O–H groups in total. The number of aromatic nitrogens is 3. The van der Waals surface area contributed by atoms with E-state index in [4.69, 9.17) is 4.74 Å². The molecular weight excluding hydrogens is 462 g/mol. The Labute approximate surface area is 220 Å². The van der Waals surface area contributed by atoms with Gasteiger partial charge in [0.15, 0.2) is 5.78 Å². The van der Waals surface area contributed by atoms with Crippen molar-refractivity contribution in [3.05, 3.63) is 53.4 Å². The van der Waals surface area contributed by atoms with E-state index < -0.39 is 0 Å². The molecule has 0 bridgehead atoms.